The summed E-state index contributed by atoms with van der Waals surface area (Å²) in [6, 6.07) is 13.6. The molecule has 164 valence electrons. The molecule has 2 amide bonds. The van der Waals surface area contributed by atoms with Crippen LogP contribution in [0.2, 0.25) is 0 Å². The lowest BCUT2D eigenvalue weighted by Crippen LogP contribution is -2.34. The fourth-order valence-corrected chi connectivity index (χ4v) is 4.75. The van der Waals surface area contributed by atoms with E-state index in [-0.39, 0.29) is 10.5 Å². The largest absolute Gasteiger partial charge is 0.452 e. The first-order valence-electron chi connectivity index (χ1n) is 10.0. The fraction of sp³-hybridized carbons (Fsp3) is 0.318. The minimum atomic E-state index is -3.61. The quantitative estimate of drug-likeness (QED) is 0.685. The maximum absolute atomic E-state index is 12.8. The molecule has 1 aliphatic heterocycles. The fourth-order valence-electron chi connectivity index (χ4n) is 3.23. The van der Waals surface area contributed by atoms with Crippen LogP contribution in [0.25, 0.3) is 0 Å². The normalized spacial score (nSPS) is 15.0. The lowest BCUT2D eigenvalue weighted by Gasteiger charge is -2.19. The van der Waals surface area contributed by atoms with Crippen LogP contribution in [0.5, 0.6) is 0 Å². The predicted molar refractivity (Wildman–Crippen MR) is 113 cm³/mol. The molecule has 1 saturated heterocycles. The smallest absolute Gasteiger partial charge is 0.338 e. The highest BCUT2D eigenvalue weighted by Crippen LogP contribution is 2.20. The number of ether oxygens (including phenoxy) is 1. The molecule has 0 radical (unpaired) electrons. The highest BCUT2D eigenvalue weighted by Gasteiger charge is 2.25. The number of imide groups is 1. The molecule has 2 aromatic rings. The number of rotatable bonds is 6. The monoisotopic (exact) mass is 444 g/mol. The highest BCUT2D eigenvalue weighted by molar-refractivity contribution is 7.89. The average molecular weight is 445 g/mol. The molecule has 1 aliphatic rings. The first kappa shape index (κ1) is 22.6. The van der Waals surface area contributed by atoms with Gasteiger partial charge in [0.2, 0.25) is 10.0 Å². The maximum Gasteiger partial charge on any atom is 0.338 e. The van der Waals surface area contributed by atoms with Gasteiger partial charge in [-0.1, -0.05) is 31.0 Å². The number of hydrogen-bond acceptors (Lipinski definition) is 6. The summed E-state index contributed by atoms with van der Waals surface area (Å²) in [4.78, 5) is 36.1. The molecule has 0 unspecified atom stereocenters. The van der Waals surface area contributed by atoms with Crippen LogP contribution in [0.4, 0.5) is 0 Å². The van der Waals surface area contributed by atoms with Crippen molar-refractivity contribution in [3.63, 3.8) is 0 Å². The highest BCUT2D eigenvalue weighted by atomic mass is 32.2. The van der Waals surface area contributed by atoms with E-state index in [1.54, 1.807) is 30.3 Å². The van der Waals surface area contributed by atoms with Crippen LogP contribution in [0.3, 0.4) is 0 Å². The van der Waals surface area contributed by atoms with Gasteiger partial charge in [-0.3, -0.25) is 14.9 Å². The van der Waals surface area contributed by atoms with Gasteiger partial charge in [-0.25, -0.2) is 13.2 Å². The molecule has 1 heterocycles. The molecule has 0 aliphatic carbocycles. The zero-order valence-electron chi connectivity index (χ0n) is 17.0. The van der Waals surface area contributed by atoms with Gasteiger partial charge in [-0.05, 0) is 49.2 Å². The van der Waals surface area contributed by atoms with Crippen LogP contribution in [0.15, 0.2) is 59.5 Å². The van der Waals surface area contributed by atoms with Gasteiger partial charge in [0.25, 0.3) is 11.8 Å². The SMILES string of the molecule is O=C(COC(=O)c1ccc(S(=O)(=O)N2CCCCCC2)cc1)NC(=O)c1ccccc1. The minimum absolute atomic E-state index is 0.108. The van der Waals surface area contributed by atoms with E-state index in [0.717, 1.165) is 25.7 Å². The number of hydrogen-bond donors (Lipinski definition) is 1. The number of nitrogens with one attached hydrogen (secondary N) is 1. The van der Waals surface area contributed by atoms with Gasteiger partial charge in [0.15, 0.2) is 6.61 Å². The minimum Gasteiger partial charge on any atom is -0.452 e. The number of carbonyl (C=O) groups is 3. The van der Waals surface area contributed by atoms with Gasteiger partial charge in [-0.15, -0.1) is 0 Å². The molecule has 0 saturated carbocycles. The molecule has 9 heteroatoms. The van der Waals surface area contributed by atoms with Gasteiger partial charge < -0.3 is 4.74 Å². The third-order valence-electron chi connectivity index (χ3n) is 4.92. The molecule has 0 aromatic heterocycles. The van der Waals surface area contributed by atoms with Crippen molar-refractivity contribution in [2.45, 2.75) is 30.6 Å². The van der Waals surface area contributed by atoms with Gasteiger partial charge in [0.1, 0.15) is 0 Å². The van der Waals surface area contributed by atoms with Crippen molar-refractivity contribution in [3.8, 4) is 0 Å². The number of nitrogens with zero attached hydrogens (tertiary/aromatic N) is 1. The Labute approximate surface area is 181 Å². The molecule has 0 atom stereocenters. The summed E-state index contributed by atoms with van der Waals surface area (Å²) in [5, 5.41) is 2.13. The van der Waals surface area contributed by atoms with Crippen LogP contribution < -0.4 is 5.32 Å². The summed E-state index contributed by atoms with van der Waals surface area (Å²) in [5.74, 6) is -2.15. The number of sulfonamides is 1. The Hall–Kier alpha value is -3.04. The Morgan fingerprint density at radius 2 is 1.45 bits per heavy atom. The Morgan fingerprint density at radius 1 is 0.839 bits per heavy atom. The Morgan fingerprint density at radius 3 is 2.06 bits per heavy atom. The van der Waals surface area contributed by atoms with Crippen LogP contribution >= 0.6 is 0 Å². The van der Waals surface area contributed by atoms with Crippen molar-refractivity contribution in [1.29, 1.82) is 0 Å². The van der Waals surface area contributed by atoms with E-state index < -0.39 is 34.4 Å². The standard InChI is InChI=1S/C22H24N2O6S/c25-20(23-21(26)17-8-4-3-5-9-17)16-30-22(27)18-10-12-19(13-11-18)31(28,29)24-14-6-1-2-7-15-24/h3-5,8-13H,1-2,6-7,14-16H2,(H,23,25,26). The van der Waals surface area contributed by atoms with Crippen molar-refractivity contribution >= 4 is 27.8 Å². The van der Waals surface area contributed by atoms with E-state index in [1.807, 2.05) is 0 Å². The van der Waals surface area contributed by atoms with Gasteiger partial charge in [-0.2, -0.15) is 4.31 Å². The summed E-state index contributed by atoms with van der Waals surface area (Å²) in [5.41, 5.74) is 0.417. The second-order valence-corrected chi connectivity index (χ2v) is 9.10. The number of amides is 2. The third-order valence-corrected chi connectivity index (χ3v) is 6.83. The summed E-state index contributed by atoms with van der Waals surface area (Å²) in [6.07, 6.45) is 3.69. The third kappa shape index (κ3) is 5.99. The van der Waals surface area contributed by atoms with Gasteiger partial charge in [0.05, 0.1) is 10.5 Å². The summed E-state index contributed by atoms with van der Waals surface area (Å²) >= 11 is 0. The zero-order chi connectivity index (χ0) is 22.3. The molecule has 8 nitrogen and oxygen atoms in total. The van der Waals surface area contributed by atoms with E-state index in [9.17, 15) is 22.8 Å². The zero-order valence-corrected chi connectivity index (χ0v) is 17.8. The Balaban J connectivity index is 1.55. The summed E-state index contributed by atoms with van der Waals surface area (Å²) in [6.45, 7) is 0.344. The molecule has 3 rings (SSSR count). The van der Waals surface area contributed by atoms with E-state index >= 15 is 0 Å². The van der Waals surface area contributed by atoms with Crippen LogP contribution in [-0.2, 0) is 19.6 Å². The molecule has 2 aromatic carbocycles. The molecule has 0 bridgehead atoms. The maximum atomic E-state index is 12.8. The van der Waals surface area contributed by atoms with Crippen molar-refractivity contribution in [3.05, 3.63) is 65.7 Å². The summed E-state index contributed by atoms with van der Waals surface area (Å²) < 4.78 is 32.0. The first-order valence-corrected chi connectivity index (χ1v) is 11.5. The molecule has 0 spiro atoms. The number of benzene rings is 2. The summed E-state index contributed by atoms with van der Waals surface area (Å²) in [7, 11) is -3.61. The topological polar surface area (TPSA) is 110 Å². The van der Waals surface area contributed by atoms with Crippen LogP contribution in [0, 0.1) is 0 Å². The van der Waals surface area contributed by atoms with E-state index in [4.69, 9.17) is 4.74 Å². The second-order valence-electron chi connectivity index (χ2n) is 7.16. The first-order chi connectivity index (χ1) is 14.9. The Bertz CT molecular complexity index is 1030. The van der Waals surface area contributed by atoms with Crippen LogP contribution in [0.1, 0.15) is 46.4 Å². The molecule has 1 fully saturated rings. The molecular formula is C22H24N2O6S. The number of esters is 1. The van der Waals surface area contributed by atoms with E-state index in [2.05, 4.69) is 5.32 Å². The van der Waals surface area contributed by atoms with E-state index in [1.165, 1.54) is 28.6 Å². The van der Waals surface area contributed by atoms with Crippen molar-refractivity contribution in [2.24, 2.45) is 0 Å². The average Bonchev–Trinajstić information content (AvgIpc) is 3.08. The van der Waals surface area contributed by atoms with Crippen LogP contribution in [-0.4, -0.2) is 50.2 Å². The lowest BCUT2D eigenvalue weighted by molar-refractivity contribution is -0.123. The number of carbonyl (C=O) groups excluding carboxylic acids is 3. The molecule has 1 N–H and O–H groups in total. The lowest BCUT2D eigenvalue weighted by atomic mass is 10.2. The second kappa shape index (κ2) is 10.3. The molecular weight excluding hydrogens is 420 g/mol. The van der Waals surface area contributed by atoms with Gasteiger partial charge >= 0.3 is 5.97 Å². The molecule has 31 heavy (non-hydrogen) atoms. The van der Waals surface area contributed by atoms with Gasteiger partial charge in [0, 0.05) is 18.7 Å². The van der Waals surface area contributed by atoms with E-state index in [0.29, 0.717) is 18.7 Å². The Kier molecular flexibility index (Phi) is 7.54. The van der Waals surface area contributed by atoms with Crippen molar-refractivity contribution in [2.75, 3.05) is 19.7 Å². The predicted octanol–water partition coefficient (Wildman–Crippen LogP) is 2.36. The van der Waals surface area contributed by atoms with Crippen molar-refractivity contribution in [1.82, 2.24) is 9.62 Å². The van der Waals surface area contributed by atoms with Crippen molar-refractivity contribution < 1.29 is 27.5 Å².